The van der Waals surface area contributed by atoms with E-state index in [0.29, 0.717) is 17.0 Å². The number of rotatable bonds is 3. The van der Waals surface area contributed by atoms with Gasteiger partial charge in [0.05, 0.1) is 21.6 Å². The fourth-order valence-electron chi connectivity index (χ4n) is 1.69. The van der Waals surface area contributed by atoms with Crippen LogP contribution in [0, 0.1) is 0 Å². The highest BCUT2D eigenvalue weighted by Gasteiger charge is 2.21. The number of aliphatic carboxylic acids is 1. The van der Waals surface area contributed by atoms with E-state index in [-0.39, 0.29) is 0 Å². The number of hydrogen-bond donors (Lipinski definition) is 1. The number of carbonyl (C=O) groups is 1. The first-order valence-corrected chi connectivity index (χ1v) is 6.14. The van der Waals surface area contributed by atoms with Gasteiger partial charge in [-0.15, -0.1) is 11.3 Å². The molecule has 1 unspecified atom stereocenters. The van der Waals surface area contributed by atoms with E-state index in [0.717, 1.165) is 10.2 Å². The third-order valence-corrected chi connectivity index (χ3v) is 3.65. The molecule has 1 aromatic heterocycles. The van der Waals surface area contributed by atoms with Gasteiger partial charge >= 0.3 is 5.97 Å². The maximum atomic E-state index is 11.1. The number of benzene rings is 1. The maximum absolute atomic E-state index is 11.1. The summed E-state index contributed by atoms with van der Waals surface area (Å²) >= 11 is 7.59. The van der Waals surface area contributed by atoms with Crippen molar-refractivity contribution in [1.29, 1.82) is 0 Å². The molecule has 1 aromatic carbocycles. The van der Waals surface area contributed by atoms with Gasteiger partial charge in [-0.05, 0) is 24.1 Å². The summed E-state index contributed by atoms with van der Waals surface area (Å²) in [5.41, 5.74) is 3.19. The molecule has 1 atom stereocenters. The van der Waals surface area contributed by atoms with E-state index in [4.69, 9.17) is 16.7 Å². The van der Waals surface area contributed by atoms with Crippen LogP contribution in [-0.2, 0) is 4.79 Å². The number of aromatic nitrogens is 1. The molecule has 16 heavy (non-hydrogen) atoms. The van der Waals surface area contributed by atoms with E-state index in [9.17, 15) is 4.79 Å². The summed E-state index contributed by atoms with van der Waals surface area (Å²) in [6.07, 6.45) is 0.519. The quantitative estimate of drug-likeness (QED) is 0.913. The fraction of sp³-hybridized carbons (Fsp3) is 0.273. The predicted molar refractivity (Wildman–Crippen MR) is 65.3 cm³/mol. The van der Waals surface area contributed by atoms with Gasteiger partial charge in [-0.2, -0.15) is 0 Å². The molecule has 0 amide bonds. The van der Waals surface area contributed by atoms with Crippen LogP contribution in [0.15, 0.2) is 17.6 Å². The Labute approximate surface area is 102 Å². The summed E-state index contributed by atoms with van der Waals surface area (Å²) in [7, 11) is 0. The van der Waals surface area contributed by atoms with Gasteiger partial charge in [-0.3, -0.25) is 4.79 Å². The van der Waals surface area contributed by atoms with Crippen LogP contribution < -0.4 is 0 Å². The molecule has 0 saturated carbocycles. The summed E-state index contributed by atoms with van der Waals surface area (Å²) in [6, 6.07) is 3.56. The Hall–Kier alpha value is -1.13. The average molecular weight is 256 g/mol. The van der Waals surface area contributed by atoms with E-state index >= 15 is 0 Å². The molecule has 0 fully saturated rings. The van der Waals surface area contributed by atoms with Crippen molar-refractivity contribution < 1.29 is 9.90 Å². The first-order chi connectivity index (χ1) is 7.63. The normalized spacial score (nSPS) is 12.9. The van der Waals surface area contributed by atoms with Crippen molar-refractivity contribution in [1.82, 2.24) is 4.98 Å². The lowest BCUT2D eigenvalue weighted by Gasteiger charge is -2.11. The molecule has 5 heteroatoms. The van der Waals surface area contributed by atoms with Crippen LogP contribution in [0.3, 0.4) is 0 Å². The zero-order chi connectivity index (χ0) is 11.7. The average Bonchev–Trinajstić information content (AvgIpc) is 2.65. The monoisotopic (exact) mass is 255 g/mol. The number of fused-ring (bicyclic) bond motifs is 1. The minimum Gasteiger partial charge on any atom is -0.481 e. The van der Waals surface area contributed by atoms with Crippen molar-refractivity contribution in [2.24, 2.45) is 0 Å². The molecule has 0 aliphatic carbocycles. The van der Waals surface area contributed by atoms with Crippen LogP contribution in [-0.4, -0.2) is 16.1 Å². The van der Waals surface area contributed by atoms with Gasteiger partial charge in [-0.1, -0.05) is 18.5 Å². The van der Waals surface area contributed by atoms with Crippen LogP contribution in [0.2, 0.25) is 5.02 Å². The molecule has 0 aliphatic heterocycles. The lowest BCUT2D eigenvalue weighted by Crippen LogP contribution is -2.10. The topological polar surface area (TPSA) is 50.2 Å². The molecule has 0 spiro atoms. The summed E-state index contributed by atoms with van der Waals surface area (Å²) in [4.78, 5) is 15.2. The molecule has 1 heterocycles. The maximum Gasteiger partial charge on any atom is 0.311 e. The predicted octanol–water partition coefficient (Wildman–Crippen LogP) is 3.53. The molecular formula is C11H10ClNO2S. The Morgan fingerprint density at radius 2 is 2.38 bits per heavy atom. The number of carboxylic acids is 1. The minimum atomic E-state index is -0.848. The molecule has 0 radical (unpaired) electrons. The van der Waals surface area contributed by atoms with E-state index in [1.165, 1.54) is 11.3 Å². The SMILES string of the molecule is CCC(C(=O)O)c1cc2ncsc2cc1Cl. The zero-order valence-corrected chi connectivity index (χ0v) is 10.2. The van der Waals surface area contributed by atoms with Gasteiger partial charge in [-0.25, -0.2) is 4.98 Å². The third kappa shape index (κ3) is 1.90. The van der Waals surface area contributed by atoms with Crippen LogP contribution in [0.5, 0.6) is 0 Å². The third-order valence-electron chi connectivity index (χ3n) is 2.53. The van der Waals surface area contributed by atoms with E-state index in [1.54, 1.807) is 17.6 Å². The van der Waals surface area contributed by atoms with Crippen molar-refractivity contribution in [3.8, 4) is 0 Å². The number of hydrogen-bond acceptors (Lipinski definition) is 3. The summed E-state index contributed by atoms with van der Waals surface area (Å²) in [5, 5.41) is 9.60. The van der Waals surface area contributed by atoms with E-state index < -0.39 is 11.9 Å². The summed E-state index contributed by atoms with van der Waals surface area (Å²) in [5.74, 6) is -1.41. The summed E-state index contributed by atoms with van der Waals surface area (Å²) in [6.45, 7) is 1.83. The Morgan fingerprint density at radius 1 is 1.62 bits per heavy atom. The van der Waals surface area contributed by atoms with E-state index in [1.807, 2.05) is 6.92 Å². The molecular weight excluding hydrogens is 246 g/mol. The largest absolute Gasteiger partial charge is 0.481 e. The highest BCUT2D eigenvalue weighted by molar-refractivity contribution is 7.16. The number of carboxylic acid groups (broad SMARTS) is 1. The van der Waals surface area contributed by atoms with Gasteiger partial charge in [0.2, 0.25) is 0 Å². The van der Waals surface area contributed by atoms with Crippen molar-refractivity contribution in [2.75, 3.05) is 0 Å². The lowest BCUT2D eigenvalue weighted by atomic mass is 9.96. The van der Waals surface area contributed by atoms with Crippen LogP contribution in [0.1, 0.15) is 24.8 Å². The van der Waals surface area contributed by atoms with Gasteiger partial charge < -0.3 is 5.11 Å². The van der Waals surface area contributed by atoms with Crippen LogP contribution in [0.4, 0.5) is 0 Å². The molecule has 0 bridgehead atoms. The van der Waals surface area contributed by atoms with Gasteiger partial charge in [0.25, 0.3) is 0 Å². The second-order valence-corrected chi connectivity index (χ2v) is 4.79. The fourth-order valence-corrected chi connectivity index (χ4v) is 2.75. The van der Waals surface area contributed by atoms with Crippen molar-refractivity contribution in [2.45, 2.75) is 19.3 Å². The second kappa shape index (κ2) is 4.39. The Bertz CT molecular complexity index is 538. The Morgan fingerprint density at radius 3 is 3.00 bits per heavy atom. The number of halogens is 1. The smallest absolute Gasteiger partial charge is 0.311 e. The molecule has 1 N–H and O–H groups in total. The molecule has 2 aromatic rings. The highest BCUT2D eigenvalue weighted by Crippen LogP contribution is 2.32. The van der Waals surface area contributed by atoms with Crippen molar-refractivity contribution in [3.63, 3.8) is 0 Å². The minimum absolute atomic E-state index is 0.506. The van der Waals surface area contributed by atoms with Gasteiger partial charge in [0.15, 0.2) is 0 Å². The number of thiazole rings is 1. The molecule has 84 valence electrons. The van der Waals surface area contributed by atoms with Crippen molar-refractivity contribution >= 4 is 39.1 Å². The Kier molecular flexibility index (Phi) is 3.12. The first-order valence-electron chi connectivity index (χ1n) is 4.89. The standard InChI is InChI=1S/C11H10ClNO2S/c1-2-6(11(14)15)7-3-9-10(4-8(7)12)16-5-13-9/h3-6H,2H2,1H3,(H,14,15). The highest BCUT2D eigenvalue weighted by atomic mass is 35.5. The molecule has 0 aliphatic rings. The Balaban J connectivity index is 2.57. The van der Waals surface area contributed by atoms with Gasteiger partial charge in [0.1, 0.15) is 0 Å². The van der Waals surface area contributed by atoms with Crippen LogP contribution >= 0.6 is 22.9 Å². The molecule has 0 saturated heterocycles. The first kappa shape index (κ1) is 11.4. The molecule has 3 nitrogen and oxygen atoms in total. The zero-order valence-electron chi connectivity index (χ0n) is 8.61. The number of nitrogens with zero attached hydrogens (tertiary/aromatic N) is 1. The second-order valence-electron chi connectivity index (χ2n) is 3.49. The van der Waals surface area contributed by atoms with Gasteiger partial charge in [0, 0.05) is 5.02 Å². The summed E-state index contributed by atoms with van der Waals surface area (Å²) < 4.78 is 0.981. The molecule has 2 rings (SSSR count). The van der Waals surface area contributed by atoms with Crippen LogP contribution in [0.25, 0.3) is 10.2 Å². The van der Waals surface area contributed by atoms with Crippen molar-refractivity contribution in [3.05, 3.63) is 28.2 Å². The lowest BCUT2D eigenvalue weighted by molar-refractivity contribution is -0.138. The van der Waals surface area contributed by atoms with E-state index in [2.05, 4.69) is 4.98 Å².